The smallest absolute Gasteiger partial charge is 0.270 e. The van der Waals surface area contributed by atoms with Gasteiger partial charge < -0.3 is 19.7 Å². The van der Waals surface area contributed by atoms with E-state index in [9.17, 15) is 9.59 Å². The number of nitriles is 1. The maximum atomic E-state index is 13.0. The molecule has 0 bridgehead atoms. The van der Waals surface area contributed by atoms with E-state index >= 15 is 0 Å². The summed E-state index contributed by atoms with van der Waals surface area (Å²) >= 11 is 0. The minimum Gasteiger partial charge on any atom is -0.490 e. The van der Waals surface area contributed by atoms with E-state index in [1.807, 2.05) is 48.2 Å². The Labute approximate surface area is 234 Å². The van der Waals surface area contributed by atoms with Gasteiger partial charge in [0.25, 0.3) is 11.8 Å². The molecule has 2 fully saturated rings. The first-order valence-electron chi connectivity index (χ1n) is 13.9. The Morgan fingerprint density at radius 1 is 0.850 bits per heavy atom. The lowest BCUT2D eigenvalue weighted by molar-refractivity contribution is 0.0594. The topological polar surface area (TPSA) is 105 Å². The highest BCUT2D eigenvalue weighted by molar-refractivity contribution is 5.96. The average Bonchev–Trinajstić information content (AvgIpc) is 3.00. The molecule has 1 saturated heterocycles. The molecule has 3 aromatic rings. The fourth-order valence-electron chi connectivity index (χ4n) is 5.21. The first-order valence-corrected chi connectivity index (χ1v) is 13.9. The van der Waals surface area contributed by atoms with Gasteiger partial charge in [-0.3, -0.25) is 14.6 Å². The Morgan fingerprint density at radius 2 is 1.45 bits per heavy atom. The number of pyridine rings is 1. The van der Waals surface area contributed by atoms with Crippen molar-refractivity contribution in [2.75, 3.05) is 13.1 Å². The maximum absolute atomic E-state index is 13.0. The number of nitrogens with zero attached hydrogens (tertiary/aromatic N) is 3. The van der Waals surface area contributed by atoms with Crippen LogP contribution in [-0.2, 0) is 0 Å². The van der Waals surface area contributed by atoms with E-state index in [2.05, 4.69) is 16.4 Å². The summed E-state index contributed by atoms with van der Waals surface area (Å²) in [5.41, 5.74) is 2.58. The van der Waals surface area contributed by atoms with E-state index in [1.165, 1.54) is 11.8 Å². The van der Waals surface area contributed by atoms with Gasteiger partial charge in [0.1, 0.15) is 23.3 Å². The highest BCUT2D eigenvalue weighted by atomic mass is 16.5. The van der Waals surface area contributed by atoms with Gasteiger partial charge in [-0.05, 0) is 81.1 Å². The van der Waals surface area contributed by atoms with Crippen LogP contribution in [0.15, 0.2) is 66.9 Å². The Hall–Kier alpha value is -4.38. The number of carbonyl (C=O) groups excluding carboxylic acids is 2. The molecule has 1 aliphatic heterocycles. The molecule has 8 heteroatoms. The first-order chi connectivity index (χ1) is 19.5. The molecular formula is C32H34N4O4. The van der Waals surface area contributed by atoms with Crippen molar-refractivity contribution in [1.29, 1.82) is 5.26 Å². The second-order valence-electron chi connectivity index (χ2n) is 10.6. The lowest BCUT2D eigenvalue weighted by Crippen LogP contribution is -2.42. The maximum Gasteiger partial charge on any atom is 0.270 e. The fraction of sp³-hybridized carbons (Fsp3) is 0.375. The highest BCUT2D eigenvalue weighted by Gasteiger charge is 2.26. The molecule has 0 unspecified atom stereocenters. The summed E-state index contributed by atoms with van der Waals surface area (Å²) in [5.74, 6) is 1.31. The molecule has 0 radical (unpaired) electrons. The molecule has 2 aliphatic rings. The molecule has 2 amide bonds. The number of aromatic nitrogens is 1. The summed E-state index contributed by atoms with van der Waals surface area (Å²) in [7, 11) is 0. The molecular weight excluding hydrogens is 504 g/mol. The molecule has 8 nitrogen and oxygen atoms in total. The lowest BCUT2D eigenvalue weighted by atomic mass is 9.92. The van der Waals surface area contributed by atoms with Crippen molar-refractivity contribution in [2.45, 2.75) is 63.7 Å². The number of hydrogen-bond donors (Lipinski definition) is 1. The third-order valence-corrected chi connectivity index (χ3v) is 7.59. The Bertz CT molecular complexity index is 1330. The molecule has 5 rings (SSSR count). The summed E-state index contributed by atoms with van der Waals surface area (Å²) in [6.45, 7) is 3.29. The number of nitrogens with one attached hydrogen (secondary N) is 1. The van der Waals surface area contributed by atoms with Crippen LogP contribution in [0, 0.1) is 18.3 Å². The largest absolute Gasteiger partial charge is 0.490 e. The molecule has 1 N–H and O–H groups in total. The van der Waals surface area contributed by atoms with Crippen molar-refractivity contribution in [3.05, 3.63) is 89.2 Å². The second kappa shape index (κ2) is 12.6. The van der Waals surface area contributed by atoms with Crippen molar-refractivity contribution in [1.82, 2.24) is 15.2 Å². The van der Waals surface area contributed by atoms with Gasteiger partial charge in [0.15, 0.2) is 0 Å². The van der Waals surface area contributed by atoms with Crippen LogP contribution in [0.1, 0.15) is 70.5 Å². The van der Waals surface area contributed by atoms with Gasteiger partial charge in [-0.15, -0.1) is 0 Å². The molecule has 2 heterocycles. The number of likely N-dealkylation sites (tertiary alicyclic amines) is 1. The van der Waals surface area contributed by atoms with E-state index in [0.717, 1.165) is 50.0 Å². The quantitative estimate of drug-likeness (QED) is 0.451. The number of amides is 2. The van der Waals surface area contributed by atoms with E-state index in [-0.39, 0.29) is 30.1 Å². The molecule has 1 aromatic heterocycles. The minimum atomic E-state index is -0.232. The number of hydrogen-bond acceptors (Lipinski definition) is 6. The minimum absolute atomic E-state index is 0.0554. The molecule has 206 valence electrons. The van der Waals surface area contributed by atoms with E-state index in [4.69, 9.17) is 14.7 Å². The second-order valence-corrected chi connectivity index (χ2v) is 10.6. The van der Waals surface area contributed by atoms with Crippen molar-refractivity contribution >= 4 is 11.8 Å². The van der Waals surface area contributed by atoms with E-state index < -0.39 is 0 Å². The van der Waals surface area contributed by atoms with Crippen LogP contribution in [0.5, 0.6) is 11.5 Å². The molecule has 0 atom stereocenters. The van der Waals surface area contributed by atoms with Crippen molar-refractivity contribution in [3.63, 3.8) is 0 Å². The van der Waals surface area contributed by atoms with Crippen molar-refractivity contribution in [2.24, 2.45) is 0 Å². The third-order valence-electron chi connectivity index (χ3n) is 7.59. The van der Waals surface area contributed by atoms with Crippen LogP contribution in [-0.4, -0.2) is 53.0 Å². The van der Waals surface area contributed by atoms with Gasteiger partial charge in [-0.1, -0.05) is 17.7 Å². The fourth-order valence-corrected chi connectivity index (χ4v) is 5.21. The van der Waals surface area contributed by atoms with Gasteiger partial charge >= 0.3 is 0 Å². The standard InChI is InChI=1S/C32H34N4O4/c1-22-2-9-26(10-3-22)40-29-16-18-36(19-17-29)32(38)24-6-15-30(34-21-24)31(37)35-25-7-13-28(14-8-25)39-27-11-4-23(20-33)5-12-27/h2-6,9-12,15,21,25,28-29H,7-8,13-14,16-19H2,1H3,(H,35,37)/t25-,28-. The summed E-state index contributed by atoms with van der Waals surface area (Å²) < 4.78 is 12.1. The van der Waals surface area contributed by atoms with Gasteiger partial charge in [0.05, 0.1) is 23.3 Å². The summed E-state index contributed by atoms with van der Waals surface area (Å²) in [4.78, 5) is 31.9. The van der Waals surface area contributed by atoms with E-state index in [0.29, 0.717) is 29.9 Å². The SMILES string of the molecule is Cc1ccc(OC2CCN(C(=O)c3ccc(C(=O)N[C@H]4CC[C@H](Oc5ccc(C#N)cc5)CC4)nc3)CC2)cc1. The Balaban J connectivity index is 1.05. The number of aryl methyl sites for hydroxylation is 1. The average molecular weight is 539 g/mol. The van der Waals surface area contributed by atoms with Crippen LogP contribution in [0.3, 0.4) is 0 Å². The zero-order valence-corrected chi connectivity index (χ0v) is 22.7. The normalized spacial score (nSPS) is 19.4. The Morgan fingerprint density at radius 3 is 2.02 bits per heavy atom. The van der Waals surface area contributed by atoms with Crippen LogP contribution in [0.2, 0.25) is 0 Å². The van der Waals surface area contributed by atoms with Gasteiger partial charge in [-0.25, -0.2) is 0 Å². The van der Waals surface area contributed by atoms with Gasteiger partial charge in [-0.2, -0.15) is 5.26 Å². The zero-order chi connectivity index (χ0) is 27.9. The molecule has 0 spiro atoms. The predicted octanol–water partition coefficient (Wildman–Crippen LogP) is 5.07. The number of rotatable bonds is 7. The van der Waals surface area contributed by atoms with Crippen LogP contribution >= 0.6 is 0 Å². The molecule has 1 saturated carbocycles. The summed E-state index contributed by atoms with van der Waals surface area (Å²) in [5, 5.41) is 12.0. The van der Waals surface area contributed by atoms with Crippen molar-refractivity contribution in [3.8, 4) is 17.6 Å². The predicted molar refractivity (Wildman–Crippen MR) is 150 cm³/mol. The number of ether oxygens (including phenoxy) is 2. The summed E-state index contributed by atoms with van der Waals surface area (Å²) in [6.07, 6.45) is 6.51. The lowest BCUT2D eigenvalue weighted by Gasteiger charge is -2.32. The van der Waals surface area contributed by atoms with Crippen LogP contribution in [0.25, 0.3) is 0 Å². The molecule has 1 aliphatic carbocycles. The van der Waals surface area contributed by atoms with Crippen LogP contribution < -0.4 is 14.8 Å². The summed E-state index contributed by atoms with van der Waals surface area (Å²) in [6, 6.07) is 20.6. The number of piperidine rings is 1. The number of benzene rings is 2. The molecule has 2 aromatic carbocycles. The number of carbonyl (C=O) groups is 2. The highest BCUT2D eigenvalue weighted by Crippen LogP contribution is 2.25. The van der Waals surface area contributed by atoms with Crippen molar-refractivity contribution < 1.29 is 19.1 Å². The van der Waals surface area contributed by atoms with E-state index in [1.54, 1.807) is 24.3 Å². The first kappa shape index (κ1) is 27.2. The third kappa shape index (κ3) is 6.97. The van der Waals surface area contributed by atoms with Crippen LogP contribution in [0.4, 0.5) is 0 Å². The Kier molecular flexibility index (Phi) is 8.60. The zero-order valence-electron chi connectivity index (χ0n) is 22.7. The molecule has 40 heavy (non-hydrogen) atoms. The monoisotopic (exact) mass is 538 g/mol. The van der Waals surface area contributed by atoms with Gasteiger partial charge in [0.2, 0.25) is 0 Å². The van der Waals surface area contributed by atoms with Gasteiger partial charge in [0, 0.05) is 38.2 Å².